The molecule has 1 unspecified atom stereocenters. The maximum atomic E-state index is 12.8. The Balaban J connectivity index is 1.62. The van der Waals surface area contributed by atoms with Crippen LogP contribution in [0.5, 0.6) is 0 Å². The molecule has 1 aromatic heterocycles. The third-order valence-corrected chi connectivity index (χ3v) is 5.42. The van der Waals surface area contributed by atoms with E-state index >= 15 is 0 Å². The molecule has 1 amide bonds. The molecule has 2 aromatic rings. The Kier molecular flexibility index (Phi) is 6.61. The Morgan fingerprint density at radius 2 is 2.15 bits per heavy atom. The van der Waals surface area contributed by atoms with Crippen LogP contribution in [0.15, 0.2) is 34.9 Å². The van der Waals surface area contributed by atoms with Gasteiger partial charge in [-0.15, -0.1) is 0 Å². The summed E-state index contributed by atoms with van der Waals surface area (Å²) in [6, 6.07) is 10.3. The molecule has 146 valence electrons. The molecule has 1 atom stereocenters. The molecular weight excluding hydrogens is 342 g/mol. The van der Waals surface area contributed by atoms with Gasteiger partial charge in [-0.2, -0.15) is 4.98 Å². The summed E-state index contributed by atoms with van der Waals surface area (Å²) < 4.78 is 10.5. The van der Waals surface area contributed by atoms with Gasteiger partial charge in [-0.1, -0.05) is 35.5 Å². The zero-order chi connectivity index (χ0) is 19.1. The van der Waals surface area contributed by atoms with E-state index in [2.05, 4.69) is 22.3 Å². The molecule has 0 aliphatic carbocycles. The first kappa shape index (κ1) is 19.5. The first-order valence-corrected chi connectivity index (χ1v) is 9.74. The molecule has 1 aromatic carbocycles. The number of aryl methyl sites for hydroxylation is 2. The molecule has 1 fully saturated rings. The van der Waals surface area contributed by atoms with Crippen molar-refractivity contribution < 1.29 is 14.1 Å². The lowest BCUT2D eigenvalue weighted by molar-refractivity contribution is -0.133. The van der Waals surface area contributed by atoms with Crippen molar-refractivity contribution in [1.29, 1.82) is 0 Å². The van der Waals surface area contributed by atoms with Crippen LogP contribution in [0.2, 0.25) is 0 Å². The van der Waals surface area contributed by atoms with E-state index < -0.39 is 0 Å². The van der Waals surface area contributed by atoms with E-state index in [1.807, 2.05) is 23.1 Å². The van der Waals surface area contributed by atoms with Crippen LogP contribution in [0.1, 0.15) is 49.4 Å². The van der Waals surface area contributed by atoms with E-state index in [0.29, 0.717) is 31.3 Å². The quantitative estimate of drug-likeness (QED) is 0.712. The molecule has 3 rings (SSSR count). The molecule has 0 radical (unpaired) electrons. The van der Waals surface area contributed by atoms with Gasteiger partial charge in [0.25, 0.3) is 0 Å². The number of rotatable bonds is 8. The zero-order valence-electron chi connectivity index (χ0n) is 16.3. The molecule has 6 heteroatoms. The van der Waals surface area contributed by atoms with Crippen molar-refractivity contribution in [3.8, 4) is 0 Å². The van der Waals surface area contributed by atoms with Crippen molar-refractivity contribution >= 4 is 5.91 Å². The Bertz CT molecular complexity index is 731. The molecule has 6 nitrogen and oxygen atoms in total. The van der Waals surface area contributed by atoms with Crippen LogP contribution in [0, 0.1) is 6.92 Å². The highest BCUT2D eigenvalue weighted by atomic mass is 16.5. The van der Waals surface area contributed by atoms with E-state index in [4.69, 9.17) is 9.26 Å². The predicted octanol–water partition coefficient (Wildman–Crippen LogP) is 3.30. The largest absolute Gasteiger partial charge is 0.385 e. The molecular formula is C21H29N3O3. The average Bonchev–Trinajstić information content (AvgIpc) is 3.14. The third-order valence-electron chi connectivity index (χ3n) is 5.42. The number of piperidine rings is 1. The molecule has 1 saturated heterocycles. The van der Waals surface area contributed by atoms with Crippen LogP contribution in [0.4, 0.5) is 0 Å². The molecule has 0 bridgehead atoms. The number of likely N-dealkylation sites (tertiary alicyclic amines) is 1. The second-order valence-corrected chi connectivity index (χ2v) is 7.42. The van der Waals surface area contributed by atoms with Gasteiger partial charge in [0, 0.05) is 40.2 Å². The van der Waals surface area contributed by atoms with Crippen LogP contribution >= 0.6 is 0 Å². The fourth-order valence-electron chi connectivity index (χ4n) is 3.90. The monoisotopic (exact) mass is 371 g/mol. The number of hydrogen-bond donors (Lipinski definition) is 0. The molecule has 0 N–H and O–H groups in total. The Morgan fingerprint density at radius 3 is 2.85 bits per heavy atom. The fraction of sp³-hybridized carbons (Fsp3) is 0.571. The van der Waals surface area contributed by atoms with Crippen LogP contribution in [0.3, 0.4) is 0 Å². The van der Waals surface area contributed by atoms with Gasteiger partial charge in [0.15, 0.2) is 5.82 Å². The normalized spacial score (nSPS) is 20.0. The minimum atomic E-state index is -0.277. The molecule has 27 heavy (non-hydrogen) atoms. The van der Waals surface area contributed by atoms with Crippen molar-refractivity contribution in [2.24, 2.45) is 0 Å². The first-order valence-electron chi connectivity index (χ1n) is 9.74. The highest BCUT2D eigenvalue weighted by Gasteiger charge is 2.41. The second kappa shape index (κ2) is 9.13. The summed E-state index contributed by atoms with van der Waals surface area (Å²) in [7, 11) is 1.70. The number of carbonyl (C=O) groups is 1. The van der Waals surface area contributed by atoms with Gasteiger partial charge in [0.05, 0.1) is 5.41 Å². The lowest BCUT2D eigenvalue weighted by atomic mass is 9.76. The van der Waals surface area contributed by atoms with Gasteiger partial charge in [0.1, 0.15) is 0 Å². The summed E-state index contributed by atoms with van der Waals surface area (Å²) in [4.78, 5) is 19.3. The summed E-state index contributed by atoms with van der Waals surface area (Å²) >= 11 is 0. The van der Waals surface area contributed by atoms with E-state index in [1.165, 1.54) is 5.56 Å². The lowest BCUT2D eigenvalue weighted by Crippen LogP contribution is -2.49. The topological polar surface area (TPSA) is 68.5 Å². The third kappa shape index (κ3) is 4.95. The van der Waals surface area contributed by atoms with Gasteiger partial charge in [-0.25, -0.2) is 0 Å². The second-order valence-electron chi connectivity index (χ2n) is 7.42. The number of carbonyl (C=O) groups excluding carboxylic acids is 1. The van der Waals surface area contributed by atoms with Crippen LogP contribution < -0.4 is 0 Å². The summed E-state index contributed by atoms with van der Waals surface area (Å²) in [5.41, 5.74) is 1.00. The number of benzene rings is 1. The maximum absolute atomic E-state index is 12.8. The van der Waals surface area contributed by atoms with Gasteiger partial charge < -0.3 is 14.2 Å². The van der Waals surface area contributed by atoms with Crippen LogP contribution in [0.25, 0.3) is 0 Å². The maximum Gasteiger partial charge on any atom is 0.223 e. The summed E-state index contributed by atoms with van der Waals surface area (Å²) in [6.07, 6.45) is 5.05. The van der Waals surface area contributed by atoms with Crippen molar-refractivity contribution in [2.75, 3.05) is 26.8 Å². The molecule has 0 spiro atoms. The number of ether oxygens (including phenoxy) is 1. The predicted molar refractivity (Wildman–Crippen MR) is 102 cm³/mol. The first-order chi connectivity index (χ1) is 13.1. The smallest absolute Gasteiger partial charge is 0.223 e. The van der Waals surface area contributed by atoms with E-state index in [0.717, 1.165) is 38.6 Å². The lowest BCUT2D eigenvalue weighted by Gasteiger charge is -2.41. The fourth-order valence-corrected chi connectivity index (χ4v) is 3.90. The van der Waals surface area contributed by atoms with Crippen LogP contribution in [-0.2, 0) is 21.4 Å². The highest BCUT2D eigenvalue weighted by Crippen LogP contribution is 2.36. The van der Waals surface area contributed by atoms with E-state index in [9.17, 15) is 4.79 Å². The number of hydrogen-bond acceptors (Lipinski definition) is 5. The number of nitrogens with zero attached hydrogens (tertiary/aromatic N) is 3. The van der Waals surface area contributed by atoms with Crippen LogP contribution in [-0.4, -0.2) is 47.8 Å². The minimum absolute atomic E-state index is 0.215. The van der Waals surface area contributed by atoms with Crippen molar-refractivity contribution in [3.05, 3.63) is 47.6 Å². The van der Waals surface area contributed by atoms with Gasteiger partial charge in [0.2, 0.25) is 11.8 Å². The zero-order valence-corrected chi connectivity index (χ0v) is 16.3. The summed E-state index contributed by atoms with van der Waals surface area (Å²) in [5.74, 6) is 1.49. The molecule has 1 aliphatic rings. The Hall–Kier alpha value is -2.21. The number of aromatic nitrogens is 2. The highest BCUT2D eigenvalue weighted by molar-refractivity contribution is 5.76. The summed E-state index contributed by atoms with van der Waals surface area (Å²) in [5, 5.41) is 4.18. The van der Waals surface area contributed by atoms with Crippen molar-refractivity contribution in [1.82, 2.24) is 15.0 Å². The van der Waals surface area contributed by atoms with Gasteiger partial charge in [-0.05, 0) is 37.7 Å². The van der Waals surface area contributed by atoms with Gasteiger partial charge in [-0.3, -0.25) is 4.79 Å². The van der Waals surface area contributed by atoms with Gasteiger partial charge >= 0.3 is 0 Å². The summed E-state index contributed by atoms with van der Waals surface area (Å²) in [6.45, 7) is 3.86. The SMILES string of the molecule is COCCC1(c2noc(C)n2)CCCN(C(=O)CCCc2ccccc2)C1. The van der Waals surface area contributed by atoms with E-state index in [-0.39, 0.29) is 11.3 Å². The Morgan fingerprint density at radius 1 is 1.33 bits per heavy atom. The molecule has 0 saturated carbocycles. The van der Waals surface area contributed by atoms with Crippen molar-refractivity contribution in [2.45, 2.75) is 50.9 Å². The standard InChI is InChI=1S/C21H29N3O3/c1-17-22-20(23-27-17)21(13-15-26-2)12-7-14-24(16-21)19(25)11-6-10-18-8-4-3-5-9-18/h3-5,8-9H,6-7,10-16H2,1-2H3. The minimum Gasteiger partial charge on any atom is -0.385 e. The van der Waals surface area contributed by atoms with E-state index in [1.54, 1.807) is 14.0 Å². The average molecular weight is 371 g/mol. The Labute approximate surface area is 160 Å². The number of amides is 1. The molecule has 2 heterocycles. The van der Waals surface area contributed by atoms with Crippen molar-refractivity contribution in [3.63, 3.8) is 0 Å². The molecule has 1 aliphatic heterocycles. The number of methoxy groups -OCH3 is 1.